The second kappa shape index (κ2) is 6.38. The molecule has 0 saturated heterocycles. The summed E-state index contributed by atoms with van der Waals surface area (Å²) in [4.78, 5) is 0. The molecule has 0 aliphatic rings. The van der Waals surface area contributed by atoms with Crippen LogP contribution >= 0.6 is 23.2 Å². The summed E-state index contributed by atoms with van der Waals surface area (Å²) in [5.41, 5.74) is 2.06. The third kappa shape index (κ3) is 3.93. The normalized spacial score (nSPS) is 12.4. The number of hydrogen-bond acceptors (Lipinski definition) is 1. The molecule has 19 heavy (non-hydrogen) atoms. The first-order chi connectivity index (χ1) is 9.06. The van der Waals surface area contributed by atoms with Gasteiger partial charge in [-0.25, -0.2) is 4.39 Å². The van der Waals surface area contributed by atoms with E-state index in [4.69, 9.17) is 23.2 Å². The molecule has 4 heteroatoms. The van der Waals surface area contributed by atoms with E-state index < -0.39 is 5.82 Å². The van der Waals surface area contributed by atoms with E-state index >= 15 is 0 Å². The Bertz CT molecular complexity index is 572. The van der Waals surface area contributed by atoms with Crippen LogP contribution in [0.25, 0.3) is 0 Å². The zero-order valence-corrected chi connectivity index (χ0v) is 12.0. The van der Waals surface area contributed by atoms with E-state index in [2.05, 4.69) is 12.2 Å². The molecular weight excluding hydrogens is 284 g/mol. The van der Waals surface area contributed by atoms with E-state index in [-0.39, 0.29) is 11.1 Å². The van der Waals surface area contributed by atoms with Gasteiger partial charge in [-0.3, -0.25) is 0 Å². The summed E-state index contributed by atoms with van der Waals surface area (Å²) >= 11 is 11.7. The minimum absolute atomic E-state index is 0.148. The molecular formula is C15H14Cl2FN. The van der Waals surface area contributed by atoms with Crippen molar-refractivity contribution in [3.8, 4) is 0 Å². The van der Waals surface area contributed by atoms with Crippen molar-refractivity contribution in [1.29, 1.82) is 0 Å². The molecule has 2 rings (SSSR count). The van der Waals surface area contributed by atoms with Crippen molar-refractivity contribution in [2.24, 2.45) is 0 Å². The van der Waals surface area contributed by atoms with E-state index in [0.717, 1.165) is 16.1 Å². The highest BCUT2D eigenvalue weighted by molar-refractivity contribution is 6.31. The maximum absolute atomic E-state index is 13.0. The maximum Gasteiger partial charge on any atom is 0.141 e. The van der Waals surface area contributed by atoms with Gasteiger partial charge in [0.05, 0.1) is 5.02 Å². The standard InChI is InChI=1S/C15H14Cl2FN/c1-10(12-3-2-4-13(16)8-12)19-9-11-5-6-15(18)14(17)7-11/h2-8,10,19H,9H2,1H3/t10-/m1/s1. The van der Waals surface area contributed by atoms with Gasteiger partial charge in [-0.15, -0.1) is 0 Å². The summed E-state index contributed by atoms with van der Waals surface area (Å²) < 4.78 is 13.0. The molecule has 0 radical (unpaired) electrons. The SMILES string of the molecule is C[C@@H](NCc1ccc(F)c(Cl)c1)c1cccc(Cl)c1. The quantitative estimate of drug-likeness (QED) is 0.839. The molecule has 0 heterocycles. The molecule has 100 valence electrons. The van der Waals surface area contributed by atoms with Gasteiger partial charge in [-0.2, -0.15) is 0 Å². The Kier molecular flexibility index (Phi) is 4.81. The number of benzene rings is 2. The lowest BCUT2D eigenvalue weighted by Gasteiger charge is -2.14. The van der Waals surface area contributed by atoms with Gasteiger partial charge >= 0.3 is 0 Å². The lowest BCUT2D eigenvalue weighted by Crippen LogP contribution is -2.18. The van der Waals surface area contributed by atoms with Gasteiger partial charge in [0.15, 0.2) is 0 Å². The van der Waals surface area contributed by atoms with Crippen LogP contribution in [-0.2, 0) is 6.54 Å². The first-order valence-corrected chi connectivity index (χ1v) is 6.74. The second-order valence-corrected chi connectivity index (χ2v) is 5.25. The molecule has 1 atom stereocenters. The van der Waals surface area contributed by atoms with Crippen molar-refractivity contribution in [2.75, 3.05) is 0 Å². The minimum Gasteiger partial charge on any atom is -0.306 e. The number of rotatable bonds is 4. The first kappa shape index (κ1) is 14.3. The summed E-state index contributed by atoms with van der Waals surface area (Å²) in [5, 5.41) is 4.22. The molecule has 2 aromatic rings. The van der Waals surface area contributed by atoms with Gasteiger partial charge < -0.3 is 5.32 Å². The lowest BCUT2D eigenvalue weighted by atomic mass is 10.1. The fraction of sp³-hybridized carbons (Fsp3) is 0.200. The summed E-state index contributed by atoms with van der Waals surface area (Å²) in [6.07, 6.45) is 0. The molecule has 0 aliphatic carbocycles. The number of nitrogens with one attached hydrogen (secondary N) is 1. The lowest BCUT2D eigenvalue weighted by molar-refractivity contribution is 0.573. The Morgan fingerprint density at radius 2 is 1.95 bits per heavy atom. The Hall–Kier alpha value is -1.09. The zero-order valence-electron chi connectivity index (χ0n) is 10.5. The van der Waals surface area contributed by atoms with Crippen molar-refractivity contribution in [3.63, 3.8) is 0 Å². The average molecular weight is 298 g/mol. The summed E-state index contributed by atoms with van der Waals surface area (Å²) in [6, 6.07) is 12.6. The molecule has 2 aromatic carbocycles. The second-order valence-electron chi connectivity index (χ2n) is 4.41. The Morgan fingerprint density at radius 3 is 2.63 bits per heavy atom. The predicted molar refractivity (Wildman–Crippen MR) is 78.1 cm³/mol. The van der Waals surface area contributed by atoms with Crippen LogP contribution in [-0.4, -0.2) is 0 Å². The highest BCUT2D eigenvalue weighted by atomic mass is 35.5. The summed E-state index contributed by atoms with van der Waals surface area (Å²) in [7, 11) is 0. The van der Waals surface area contributed by atoms with Gasteiger partial charge in [-0.05, 0) is 42.3 Å². The minimum atomic E-state index is -0.395. The molecule has 0 aromatic heterocycles. The van der Waals surface area contributed by atoms with E-state index in [9.17, 15) is 4.39 Å². The Morgan fingerprint density at radius 1 is 1.16 bits per heavy atom. The predicted octanol–water partition coefficient (Wildman–Crippen LogP) is 4.98. The molecule has 0 amide bonds. The van der Waals surface area contributed by atoms with Crippen LogP contribution in [0, 0.1) is 5.82 Å². The average Bonchev–Trinajstić information content (AvgIpc) is 2.40. The van der Waals surface area contributed by atoms with Crippen LogP contribution in [0.4, 0.5) is 4.39 Å². The van der Waals surface area contributed by atoms with E-state index in [1.165, 1.54) is 6.07 Å². The summed E-state index contributed by atoms with van der Waals surface area (Å²) in [6.45, 7) is 2.67. The number of halogens is 3. The van der Waals surface area contributed by atoms with Crippen molar-refractivity contribution in [2.45, 2.75) is 19.5 Å². The molecule has 0 spiro atoms. The number of hydrogen-bond donors (Lipinski definition) is 1. The summed E-state index contributed by atoms with van der Waals surface area (Å²) in [5.74, 6) is -0.395. The first-order valence-electron chi connectivity index (χ1n) is 5.99. The van der Waals surface area contributed by atoms with Crippen LogP contribution < -0.4 is 5.32 Å². The highest BCUT2D eigenvalue weighted by Crippen LogP contribution is 2.19. The molecule has 0 fully saturated rings. The van der Waals surface area contributed by atoms with Crippen LogP contribution in [0.2, 0.25) is 10.0 Å². The fourth-order valence-electron chi connectivity index (χ4n) is 1.81. The Balaban J connectivity index is 2.00. The van der Waals surface area contributed by atoms with Gasteiger partial charge in [0.2, 0.25) is 0 Å². The van der Waals surface area contributed by atoms with E-state index in [1.807, 2.05) is 24.3 Å². The van der Waals surface area contributed by atoms with Gasteiger partial charge in [0.1, 0.15) is 5.82 Å². The zero-order chi connectivity index (χ0) is 13.8. The van der Waals surface area contributed by atoms with Crippen LogP contribution in [0.15, 0.2) is 42.5 Å². The molecule has 1 nitrogen and oxygen atoms in total. The smallest absolute Gasteiger partial charge is 0.141 e. The van der Waals surface area contributed by atoms with Gasteiger partial charge in [0, 0.05) is 17.6 Å². The molecule has 0 bridgehead atoms. The van der Waals surface area contributed by atoms with Crippen molar-refractivity contribution < 1.29 is 4.39 Å². The van der Waals surface area contributed by atoms with Crippen LogP contribution in [0.1, 0.15) is 24.1 Å². The topological polar surface area (TPSA) is 12.0 Å². The van der Waals surface area contributed by atoms with Gasteiger partial charge in [0.25, 0.3) is 0 Å². The van der Waals surface area contributed by atoms with Crippen molar-refractivity contribution >= 4 is 23.2 Å². The van der Waals surface area contributed by atoms with E-state index in [0.29, 0.717) is 6.54 Å². The largest absolute Gasteiger partial charge is 0.306 e. The monoisotopic (exact) mass is 297 g/mol. The van der Waals surface area contributed by atoms with Crippen molar-refractivity contribution in [3.05, 3.63) is 69.5 Å². The fourth-order valence-corrected chi connectivity index (χ4v) is 2.22. The van der Waals surface area contributed by atoms with Crippen LogP contribution in [0.3, 0.4) is 0 Å². The maximum atomic E-state index is 13.0. The molecule has 0 aliphatic heterocycles. The van der Waals surface area contributed by atoms with E-state index in [1.54, 1.807) is 12.1 Å². The Labute approximate surface area is 122 Å². The van der Waals surface area contributed by atoms with Gasteiger partial charge in [-0.1, -0.05) is 41.4 Å². The molecule has 1 N–H and O–H groups in total. The molecule has 0 saturated carbocycles. The highest BCUT2D eigenvalue weighted by Gasteiger charge is 2.06. The molecule has 0 unspecified atom stereocenters. The van der Waals surface area contributed by atoms with Crippen molar-refractivity contribution in [1.82, 2.24) is 5.32 Å². The third-order valence-electron chi connectivity index (χ3n) is 2.95. The van der Waals surface area contributed by atoms with Crippen LogP contribution in [0.5, 0.6) is 0 Å². The third-order valence-corrected chi connectivity index (χ3v) is 3.47.